The number of aromatic hydroxyl groups is 2. The summed E-state index contributed by atoms with van der Waals surface area (Å²) in [6, 6.07) is 7.16. The Morgan fingerprint density at radius 1 is 0.773 bits per heavy atom. The SMILES string of the molecule is Oc1ccc(F)cc1/C=N/CC/N=C/c1cc(F)ccc1O. The van der Waals surface area contributed by atoms with Gasteiger partial charge in [-0.1, -0.05) is 0 Å². The number of rotatable bonds is 5. The van der Waals surface area contributed by atoms with E-state index in [-0.39, 0.29) is 22.6 Å². The molecule has 0 aliphatic heterocycles. The molecule has 114 valence electrons. The Hall–Kier alpha value is -2.76. The minimum atomic E-state index is -0.459. The summed E-state index contributed by atoms with van der Waals surface area (Å²) >= 11 is 0. The zero-order chi connectivity index (χ0) is 15.9. The Morgan fingerprint density at radius 2 is 1.18 bits per heavy atom. The van der Waals surface area contributed by atoms with Gasteiger partial charge >= 0.3 is 0 Å². The second-order valence-corrected chi connectivity index (χ2v) is 4.48. The van der Waals surface area contributed by atoms with Gasteiger partial charge in [-0.3, -0.25) is 9.98 Å². The van der Waals surface area contributed by atoms with Crippen LogP contribution in [0.2, 0.25) is 0 Å². The molecule has 0 unspecified atom stereocenters. The number of benzene rings is 2. The molecule has 0 aliphatic carbocycles. The zero-order valence-corrected chi connectivity index (χ0v) is 11.6. The van der Waals surface area contributed by atoms with Gasteiger partial charge in [0.25, 0.3) is 0 Å². The highest BCUT2D eigenvalue weighted by atomic mass is 19.1. The number of nitrogens with zero attached hydrogens (tertiary/aromatic N) is 2. The standard InChI is InChI=1S/C16H14F2N2O2/c17-13-1-3-15(21)11(7-13)9-19-5-6-20-10-12-8-14(18)2-4-16(12)22/h1-4,7-10,21-22H,5-6H2/b19-9+,20-10+. The van der Waals surface area contributed by atoms with Gasteiger partial charge in [-0.15, -0.1) is 0 Å². The van der Waals surface area contributed by atoms with Gasteiger partial charge in [0.1, 0.15) is 23.1 Å². The molecule has 0 fully saturated rings. The number of hydrogen-bond acceptors (Lipinski definition) is 4. The molecule has 0 atom stereocenters. The molecule has 0 amide bonds. The van der Waals surface area contributed by atoms with Crippen molar-refractivity contribution in [3.63, 3.8) is 0 Å². The summed E-state index contributed by atoms with van der Waals surface area (Å²) in [7, 11) is 0. The Morgan fingerprint density at radius 3 is 1.59 bits per heavy atom. The number of aliphatic imine (C=N–C) groups is 2. The molecule has 2 N–H and O–H groups in total. The van der Waals surface area contributed by atoms with Crippen LogP contribution in [0.1, 0.15) is 11.1 Å². The molecule has 0 aliphatic rings. The van der Waals surface area contributed by atoms with E-state index in [2.05, 4.69) is 9.98 Å². The van der Waals surface area contributed by atoms with Crippen LogP contribution >= 0.6 is 0 Å². The summed E-state index contributed by atoms with van der Waals surface area (Å²) in [4.78, 5) is 8.03. The van der Waals surface area contributed by atoms with Crippen LogP contribution in [0, 0.1) is 11.6 Å². The van der Waals surface area contributed by atoms with Crippen LogP contribution in [-0.4, -0.2) is 35.7 Å². The van der Waals surface area contributed by atoms with Crippen LogP contribution in [0.4, 0.5) is 8.78 Å². The van der Waals surface area contributed by atoms with Gasteiger partial charge in [0.2, 0.25) is 0 Å². The molecular formula is C16H14F2N2O2. The monoisotopic (exact) mass is 304 g/mol. The molecule has 0 aromatic heterocycles. The zero-order valence-electron chi connectivity index (χ0n) is 11.6. The van der Waals surface area contributed by atoms with Crippen LogP contribution in [0.3, 0.4) is 0 Å². The van der Waals surface area contributed by atoms with Gasteiger partial charge in [-0.05, 0) is 36.4 Å². The van der Waals surface area contributed by atoms with E-state index in [0.29, 0.717) is 13.1 Å². The minimum Gasteiger partial charge on any atom is -0.507 e. The fraction of sp³-hybridized carbons (Fsp3) is 0.125. The third-order valence-corrected chi connectivity index (χ3v) is 2.80. The van der Waals surface area contributed by atoms with Gasteiger partial charge < -0.3 is 10.2 Å². The molecule has 0 saturated carbocycles. The van der Waals surface area contributed by atoms with E-state index in [9.17, 15) is 19.0 Å². The molecule has 6 heteroatoms. The first kappa shape index (κ1) is 15.6. The molecule has 0 heterocycles. The lowest BCUT2D eigenvalue weighted by Gasteiger charge is -1.99. The summed E-state index contributed by atoms with van der Waals surface area (Å²) < 4.78 is 26.0. The minimum absolute atomic E-state index is 0.0571. The second-order valence-electron chi connectivity index (χ2n) is 4.48. The molecule has 4 nitrogen and oxygen atoms in total. The van der Waals surface area contributed by atoms with Crippen molar-refractivity contribution >= 4 is 12.4 Å². The fourth-order valence-electron chi connectivity index (χ4n) is 1.70. The Bertz CT molecular complexity index is 654. The smallest absolute Gasteiger partial charge is 0.124 e. The van der Waals surface area contributed by atoms with E-state index >= 15 is 0 Å². The third-order valence-electron chi connectivity index (χ3n) is 2.80. The third kappa shape index (κ3) is 4.37. The molecule has 0 bridgehead atoms. The van der Waals surface area contributed by atoms with E-state index in [0.717, 1.165) is 12.1 Å². The van der Waals surface area contributed by atoms with Gasteiger partial charge in [0.05, 0.1) is 13.1 Å². The van der Waals surface area contributed by atoms with Crippen molar-refractivity contribution in [2.75, 3.05) is 13.1 Å². The number of phenols is 2. The lowest BCUT2D eigenvalue weighted by Crippen LogP contribution is -1.92. The molecular weight excluding hydrogens is 290 g/mol. The van der Waals surface area contributed by atoms with E-state index in [1.165, 1.54) is 36.7 Å². The predicted octanol–water partition coefficient (Wildman–Crippen LogP) is 2.91. The van der Waals surface area contributed by atoms with E-state index < -0.39 is 11.6 Å². The summed E-state index contributed by atoms with van der Waals surface area (Å²) in [5, 5.41) is 19.0. The van der Waals surface area contributed by atoms with Crippen molar-refractivity contribution in [3.05, 3.63) is 59.2 Å². The van der Waals surface area contributed by atoms with Crippen LogP contribution in [0.15, 0.2) is 46.4 Å². The summed E-state index contributed by atoms with van der Waals surface area (Å²) in [5.41, 5.74) is 0.568. The molecule has 0 saturated heterocycles. The van der Waals surface area contributed by atoms with E-state index in [4.69, 9.17) is 0 Å². The maximum atomic E-state index is 13.0. The van der Waals surface area contributed by atoms with E-state index in [1.807, 2.05) is 0 Å². The Kier molecular flexibility index (Phi) is 5.19. The molecule has 0 radical (unpaired) electrons. The fourth-order valence-corrected chi connectivity index (χ4v) is 1.70. The average molecular weight is 304 g/mol. The quantitative estimate of drug-likeness (QED) is 0.659. The van der Waals surface area contributed by atoms with Crippen LogP contribution in [0.5, 0.6) is 11.5 Å². The molecule has 2 rings (SSSR count). The highest BCUT2D eigenvalue weighted by Crippen LogP contribution is 2.16. The molecule has 2 aromatic rings. The Labute approximate surface area is 126 Å². The highest BCUT2D eigenvalue weighted by molar-refractivity contribution is 5.84. The lowest BCUT2D eigenvalue weighted by atomic mass is 10.2. The number of phenolic OH excluding ortho intramolecular Hbond substituents is 2. The largest absolute Gasteiger partial charge is 0.507 e. The highest BCUT2D eigenvalue weighted by Gasteiger charge is 2.00. The van der Waals surface area contributed by atoms with E-state index in [1.54, 1.807) is 0 Å². The Balaban J connectivity index is 1.89. The first-order valence-corrected chi connectivity index (χ1v) is 6.53. The average Bonchev–Trinajstić information content (AvgIpc) is 2.49. The van der Waals surface area contributed by atoms with Crippen molar-refractivity contribution in [2.24, 2.45) is 9.98 Å². The summed E-state index contributed by atoms with van der Waals surface area (Å²) in [6.45, 7) is 0.616. The topological polar surface area (TPSA) is 65.2 Å². The van der Waals surface area contributed by atoms with Crippen molar-refractivity contribution in [3.8, 4) is 11.5 Å². The molecule has 22 heavy (non-hydrogen) atoms. The first-order valence-electron chi connectivity index (χ1n) is 6.53. The maximum Gasteiger partial charge on any atom is 0.124 e. The van der Waals surface area contributed by atoms with Gasteiger partial charge in [0, 0.05) is 23.6 Å². The van der Waals surface area contributed by atoms with Crippen molar-refractivity contribution < 1.29 is 19.0 Å². The van der Waals surface area contributed by atoms with Crippen LogP contribution in [0.25, 0.3) is 0 Å². The normalized spacial score (nSPS) is 11.5. The van der Waals surface area contributed by atoms with Crippen LogP contribution in [-0.2, 0) is 0 Å². The van der Waals surface area contributed by atoms with Crippen molar-refractivity contribution in [1.82, 2.24) is 0 Å². The second kappa shape index (κ2) is 7.31. The predicted molar refractivity (Wildman–Crippen MR) is 81.1 cm³/mol. The van der Waals surface area contributed by atoms with Crippen molar-refractivity contribution in [1.29, 1.82) is 0 Å². The maximum absolute atomic E-state index is 13.0. The molecule has 2 aromatic carbocycles. The molecule has 0 spiro atoms. The van der Waals surface area contributed by atoms with Gasteiger partial charge in [0.15, 0.2) is 0 Å². The van der Waals surface area contributed by atoms with Gasteiger partial charge in [-0.2, -0.15) is 0 Å². The number of hydrogen-bond donors (Lipinski definition) is 2. The summed E-state index contributed by atoms with van der Waals surface area (Å²) in [5.74, 6) is -1.03. The summed E-state index contributed by atoms with van der Waals surface area (Å²) in [6.07, 6.45) is 2.71. The van der Waals surface area contributed by atoms with Crippen molar-refractivity contribution in [2.45, 2.75) is 0 Å². The number of halogens is 2. The van der Waals surface area contributed by atoms with Crippen LogP contribution < -0.4 is 0 Å². The van der Waals surface area contributed by atoms with Gasteiger partial charge in [-0.25, -0.2) is 8.78 Å². The first-order chi connectivity index (χ1) is 10.6. The lowest BCUT2D eigenvalue weighted by molar-refractivity contribution is 0.471.